The van der Waals surface area contributed by atoms with E-state index in [9.17, 15) is 4.21 Å². The minimum Gasteiger partial charge on any atom is -0.372 e. The highest BCUT2D eigenvalue weighted by Crippen LogP contribution is 2.38. The van der Waals surface area contributed by atoms with Crippen molar-refractivity contribution in [3.8, 4) is 0 Å². The summed E-state index contributed by atoms with van der Waals surface area (Å²) in [6, 6.07) is 0. The lowest BCUT2D eigenvalue weighted by molar-refractivity contribution is -0.150. The van der Waals surface area contributed by atoms with E-state index in [1.54, 1.807) is 0 Å². The molecular weight excluding hydrogens is 288 g/mol. The van der Waals surface area contributed by atoms with E-state index in [1.807, 2.05) is 27.7 Å². The number of hydrogen-bond acceptors (Lipinski definition) is 3. The fourth-order valence-electron chi connectivity index (χ4n) is 2.05. The van der Waals surface area contributed by atoms with Crippen LogP contribution in [0.3, 0.4) is 0 Å². The van der Waals surface area contributed by atoms with Crippen LogP contribution in [0.5, 0.6) is 0 Å². The third kappa shape index (κ3) is 6.76. The Labute approximate surface area is 133 Å². The molecule has 0 aliphatic carbocycles. The Balaban J connectivity index is 4.75. The Morgan fingerprint density at radius 2 is 1.52 bits per heavy atom. The van der Waals surface area contributed by atoms with Crippen molar-refractivity contribution in [1.29, 1.82) is 0 Å². The molecule has 0 rings (SSSR count). The first kappa shape index (κ1) is 21.0. The van der Waals surface area contributed by atoms with Gasteiger partial charge >= 0.3 is 11.4 Å². The summed E-state index contributed by atoms with van der Waals surface area (Å²) in [7, 11) is 0. The summed E-state index contributed by atoms with van der Waals surface area (Å²) >= 11 is -2.24. The monoisotopic (exact) mass is 322 g/mol. The largest absolute Gasteiger partial charge is 0.372 e. The van der Waals surface area contributed by atoms with Crippen molar-refractivity contribution in [2.45, 2.75) is 80.4 Å². The molecule has 0 radical (unpaired) electrons. The zero-order valence-electron chi connectivity index (χ0n) is 15.1. The smallest absolute Gasteiger partial charge is 0.301 e. The van der Waals surface area contributed by atoms with Gasteiger partial charge < -0.3 is 4.74 Å². The fraction of sp³-hybridized carbons (Fsp3) is 1.00. The summed E-state index contributed by atoms with van der Waals surface area (Å²) in [6.45, 7) is 19.2. The molecule has 0 aromatic rings. The van der Waals surface area contributed by atoms with Crippen molar-refractivity contribution in [3.05, 3.63) is 0 Å². The third-order valence-electron chi connectivity index (χ3n) is 5.02. The zero-order chi connectivity index (χ0) is 17.1. The van der Waals surface area contributed by atoms with Crippen molar-refractivity contribution in [2.24, 2.45) is 16.7 Å². The Morgan fingerprint density at radius 3 is 1.90 bits per heavy atom. The number of rotatable bonds is 9. The van der Waals surface area contributed by atoms with Crippen LogP contribution >= 0.6 is 0 Å². The van der Waals surface area contributed by atoms with Gasteiger partial charge in [-0.1, -0.05) is 41.5 Å². The maximum atomic E-state index is 10.7. The minimum atomic E-state index is -2.24. The number of hydrogen-bond donors (Lipinski definition) is 1. The highest BCUT2D eigenvalue weighted by atomic mass is 32.2. The highest BCUT2D eigenvalue weighted by molar-refractivity contribution is 7.74. The molecule has 1 N–H and O–H groups in total. The van der Waals surface area contributed by atoms with Gasteiger partial charge in [0.15, 0.2) is 0 Å². The quantitative estimate of drug-likeness (QED) is 0.638. The molecule has 0 fully saturated rings. The lowest BCUT2D eigenvalue weighted by Gasteiger charge is -2.44. The van der Waals surface area contributed by atoms with Crippen LogP contribution in [-0.4, -0.2) is 27.1 Å². The Kier molecular flexibility index (Phi) is 7.54. The van der Waals surface area contributed by atoms with E-state index >= 15 is 0 Å². The molecular formula is C16H34O4S. The van der Waals surface area contributed by atoms with Crippen LogP contribution in [0.15, 0.2) is 0 Å². The maximum absolute atomic E-state index is 10.7. The third-order valence-corrected chi connectivity index (χ3v) is 5.34. The second-order valence-electron chi connectivity index (χ2n) is 8.15. The average Bonchev–Trinajstić information content (AvgIpc) is 2.24. The van der Waals surface area contributed by atoms with Crippen LogP contribution in [0.2, 0.25) is 0 Å². The molecule has 5 heteroatoms. The van der Waals surface area contributed by atoms with Crippen LogP contribution in [0.25, 0.3) is 0 Å². The van der Waals surface area contributed by atoms with Gasteiger partial charge in [0.05, 0.1) is 18.3 Å². The van der Waals surface area contributed by atoms with E-state index in [1.165, 1.54) is 0 Å². The highest BCUT2D eigenvalue weighted by Gasteiger charge is 2.40. The summed E-state index contributed by atoms with van der Waals surface area (Å²) in [4.78, 5) is 0. The SMILES string of the molecule is CC(CC(C)(C)C(C)C)OC(C)(C)C(C)(C)COS(=O)O. The van der Waals surface area contributed by atoms with E-state index < -0.39 is 17.0 Å². The lowest BCUT2D eigenvalue weighted by Crippen LogP contribution is -2.47. The first-order valence-corrected chi connectivity index (χ1v) is 8.66. The molecule has 4 nitrogen and oxygen atoms in total. The molecule has 0 heterocycles. The molecule has 21 heavy (non-hydrogen) atoms. The predicted octanol–water partition coefficient (Wildman–Crippen LogP) is 4.42. The van der Waals surface area contributed by atoms with Gasteiger partial charge in [-0.15, -0.1) is 0 Å². The van der Waals surface area contributed by atoms with Gasteiger partial charge in [-0.2, -0.15) is 4.21 Å². The average molecular weight is 323 g/mol. The molecule has 0 aliphatic heterocycles. The van der Waals surface area contributed by atoms with Gasteiger partial charge in [0.2, 0.25) is 0 Å². The van der Waals surface area contributed by atoms with E-state index in [2.05, 4.69) is 34.6 Å². The molecule has 2 atom stereocenters. The second-order valence-corrected chi connectivity index (χ2v) is 8.82. The molecule has 0 aromatic carbocycles. The van der Waals surface area contributed by atoms with Crippen LogP contribution in [0.1, 0.15) is 68.7 Å². The summed E-state index contributed by atoms with van der Waals surface area (Å²) in [5.41, 5.74) is -0.622. The Bertz CT molecular complexity index is 348. The molecule has 128 valence electrons. The van der Waals surface area contributed by atoms with Crippen molar-refractivity contribution in [3.63, 3.8) is 0 Å². The summed E-state index contributed by atoms with van der Waals surface area (Å²) < 4.78 is 30.6. The maximum Gasteiger partial charge on any atom is 0.301 e. The van der Waals surface area contributed by atoms with Gasteiger partial charge in [0, 0.05) is 5.41 Å². The van der Waals surface area contributed by atoms with Gasteiger partial charge in [-0.3, -0.25) is 8.74 Å². The first-order valence-electron chi connectivity index (χ1n) is 7.63. The van der Waals surface area contributed by atoms with Gasteiger partial charge in [-0.25, -0.2) is 0 Å². The summed E-state index contributed by atoms with van der Waals surface area (Å²) in [6.07, 6.45) is 1.08. The molecule has 0 aromatic heterocycles. The second kappa shape index (κ2) is 7.53. The van der Waals surface area contributed by atoms with Crippen LogP contribution in [0, 0.1) is 16.7 Å². The predicted molar refractivity (Wildman–Crippen MR) is 88.4 cm³/mol. The molecule has 0 saturated carbocycles. The van der Waals surface area contributed by atoms with Crippen molar-refractivity contribution < 1.29 is 17.7 Å². The lowest BCUT2D eigenvalue weighted by atomic mass is 9.75. The van der Waals surface area contributed by atoms with E-state index in [-0.39, 0.29) is 23.5 Å². The van der Waals surface area contributed by atoms with Gasteiger partial charge in [0.25, 0.3) is 0 Å². The topological polar surface area (TPSA) is 55.8 Å². The van der Waals surface area contributed by atoms with Crippen LogP contribution in [0.4, 0.5) is 0 Å². The van der Waals surface area contributed by atoms with Crippen molar-refractivity contribution in [1.82, 2.24) is 0 Å². The molecule has 0 saturated heterocycles. The Hall–Kier alpha value is 0.0300. The zero-order valence-corrected chi connectivity index (χ0v) is 16.0. The molecule has 0 amide bonds. The molecule has 0 spiro atoms. The summed E-state index contributed by atoms with van der Waals surface area (Å²) in [5.74, 6) is 0.583. The molecule has 0 aliphatic rings. The normalized spacial score (nSPS) is 17.1. The van der Waals surface area contributed by atoms with E-state index in [4.69, 9.17) is 13.5 Å². The molecule has 2 unspecified atom stereocenters. The van der Waals surface area contributed by atoms with Crippen LogP contribution in [-0.2, 0) is 20.3 Å². The van der Waals surface area contributed by atoms with Crippen molar-refractivity contribution in [2.75, 3.05) is 6.61 Å². The Morgan fingerprint density at radius 1 is 1.05 bits per heavy atom. The van der Waals surface area contributed by atoms with Crippen LogP contribution < -0.4 is 0 Å². The number of ether oxygens (including phenoxy) is 1. The first-order chi connectivity index (χ1) is 9.21. The fourth-order valence-corrected chi connectivity index (χ4v) is 2.45. The standard InChI is InChI=1S/C16H34O4S/c1-12(2)14(4,5)10-13(3)20-16(8,9)15(6,7)11-19-21(17)18/h12-13H,10-11H2,1-9H3,(H,17,18). The van der Waals surface area contributed by atoms with E-state index in [0.717, 1.165) is 6.42 Å². The molecule has 0 bridgehead atoms. The van der Waals surface area contributed by atoms with Gasteiger partial charge in [-0.05, 0) is 38.5 Å². The summed E-state index contributed by atoms with van der Waals surface area (Å²) in [5, 5.41) is 0. The van der Waals surface area contributed by atoms with E-state index in [0.29, 0.717) is 5.92 Å². The minimum absolute atomic E-state index is 0.108. The van der Waals surface area contributed by atoms with Crippen molar-refractivity contribution >= 4 is 11.4 Å². The van der Waals surface area contributed by atoms with Gasteiger partial charge in [0.1, 0.15) is 0 Å².